The average Bonchev–Trinajstić information content (AvgIpc) is 2.70. The van der Waals surface area contributed by atoms with E-state index in [1.807, 2.05) is 34.7 Å². The lowest BCUT2D eigenvalue weighted by atomic mass is 10.2. The van der Waals surface area contributed by atoms with Crippen molar-refractivity contribution in [2.75, 3.05) is 12.0 Å². The topological polar surface area (TPSA) is 22.0 Å². The average molecular weight is 225 g/mol. The van der Waals surface area contributed by atoms with E-state index >= 15 is 0 Å². The number of aryl methyl sites for hydroxylation is 1. The van der Waals surface area contributed by atoms with E-state index in [0.717, 1.165) is 18.5 Å². The first-order chi connectivity index (χ1) is 7.38. The Morgan fingerprint density at radius 1 is 1.33 bits per heavy atom. The highest BCUT2D eigenvalue weighted by molar-refractivity contribution is 7.98. The standard InChI is InChI=1S/C12H19NOS/c1-15-10-5-3-2-4-8-13-9-6-7-12(13)11-14/h6-7,9,11H,2-5,8,10H2,1H3. The van der Waals surface area contributed by atoms with Crippen LogP contribution in [0, 0.1) is 0 Å². The monoisotopic (exact) mass is 225 g/mol. The lowest BCUT2D eigenvalue weighted by molar-refractivity contribution is 0.111. The SMILES string of the molecule is CSCCCCCCn1cccc1C=O. The molecule has 0 bridgehead atoms. The molecule has 3 heteroatoms. The number of hydrogen-bond donors (Lipinski definition) is 0. The molecule has 15 heavy (non-hydrogen) atoms. The Morgan fingerprint density at radius 2 is 2.13 bits per heavy atom. The van der Waals surface area contributed by atoms with Gasteiger partial charge in [-0.1, -0.05) is 12.8 Å². The summed E-state index contributed by atoms with van der Waals surface area (Å²) in [6.45, 7) is 0.973. The number of carbonyl (C=O) groups excluding carboxylic acids is 1. The zero-order chi connectivity index (χ0) is 10.9. The number of unbranched alkanes of at least 4 members (excludes halogenated alkanes) is 3. The molecule has 0 aliphatic rings. The first kappa shape index (κ1) is 12.4. The zero-order valence-electron chi connectivity index (χ0n) is 9.32. The van der Waals surface area contributed by atoms with Crippen LogP contribution in [-0.2, 0) is 6.54 Å². The number of hydrogen-bond acceptors (Lipinski definition) is 2. The summed E-state index contributed by atoms with van der Waals surface area (Å²) in [6, 6.07) is 3.79. The second-order valence-corrected chi connectivity index (χ2v) is 4.64. The lowest BCUT2D eigenvalue weighted by Gasteiger charge is -2.04. The maximum absolute atomic E-state index is 10.6. The minimum Gasteiger partial charge on any atom is -0.345 e. The summed E-state index contributed by atoms with van der Waals surface area (Å²) >= 11 is 1.91. The van der Waals surface area contributed by atoms with E-state index in [1.165, 1.54) is 31.4 Å². The third-order valence-corrected chi connectivity index (χ3v) is 3.18. The van der Waals surface area contributed by atoms with Crippen LogP contribution in [0.3, 0.4) is 0 Å². The fourth-order valence-corrected chi connectivity index (χ4v) is 2.11. The summed E-state index contributed by atoms with van der Waals surface area (Å²) in [7, 11) is 0. The summed E-state index contributed by atoms with van der Waals surface area (Å²) in [5.41, 5.74) is 0.791. The van der Waals surface area contributed by atoms with Crippen molar-refractivity contribution in [3.05, 3.63) is 24.0 Å². The van der Waals surface area contributed by atoms with E-state index < -0.39 is 0 Å². The molecule has 1 aromatic rings. The third-order valence-electron chi connectivity index (χ3n) is 2.48. The van der Waals surface area contributed by atoms with Crippen molar-refractivity contribution in [1.82, 2.24) is 4.57 Å². The predicted molar refractivity (Wildman–Crippen MR) is 66.7 cm³/mol. The van der Waals surface area contributed by atoms with E-state index in [9.17, 15) is 4.79 Å². The van der Waals surface area contributed by atoms with Gasteiger partial charge in [-0.2, -0.15) is 11.8 Å². The van der Waals surface area contributed by atoms with Gasteiger partial charge in [0.2, 0.25) is 0 Å². The van der Waals surface area contributed by atoms with Crippen LogP contribution in [0.4, 0.5) is 0 Å². The number of aldehydes is 1. The molecular formula is C12H19NOS. The number of thioether (sulfide) groups is 1. The van der Waals surface area contributed by atoms with Crippen LogP contribution in [-0.4, -0.2) is 22.9 Å². The summed E-state index contributed by atoms with van der Waals surface area (Å²) in [5.74, 6) is 1.27. The highest BCUT2D eigenvalue weighted by Gasteiger charge is 1.98. The second-order valence-electron chi connectivity index (χ2n) is 3.65. The molecule has 1 rings (SSSR count). The van der Waals surface area contributed by atoms with Crippen molar-refractivity contribution < 1.29 is 4.79 Å². The van der Waals surface area contributed by atoms with Gasteiger partial charge in [-0.15, -0.1) is 0 Å². The molecule has 0 saturated heterocycles. The van der Waals surface area contributed by atoms with Gasteiger partial charge in [0.05, 0.1) is 5.69 Å². The van der Waals surface area contributed by atoms with E-state index in [4.69, 9.17) is 0 Å². The summed E-state index contributed by atoms with van der Waals surface area (Å²) < 4.78 is 2.03. The summed E-state index contributed by atoms with van der Waals surface area (Å²) in [4.78, 5) is 10.6. The van der Waals surface area contributed by atoms with Gasteiger partial charge >= 0.3 is 0 Å². The molecular weight excluding hydrogens is 206 g/mol. The smallest absolute Gasteiger partial charge is 0.166 e. The van der Waals surface area contributed by atoms with Crippen molar-refractivity contribution in [3.8, 4) is 0 Å². The van der Waals surface area contributed by atoms with Crippen molar-refractivity contribution in [2.45, 2.75) is 32.2 Å². The van der Waals surface area contributed by atoms with Crippen molar-refractivity contribution in [1.29, 1.82) is 0 Å². The molecule has 1 aromatic heterocycles. The van der Waals surface area contributed by atoms with Gasteiger partial charge in [-0.3, -0.25) is 4.79 Å². The van der Waals surface area contributed by atoms with E-state index in [2.05, 4.69) is 6.26 Å². The molecule has 1 heterocycles. The Morgan fingerprint density at radius 3 is 2.87 bits per heavy atom. The molecule has 0 saturated carbocycles. The number of rotatable bonds is 8. The predicted octanol–water partition coefficient (Wildman–Crippen LogP) is 3.22. The fraction of sp³-hybridized carbons (Fsp3) is 0.583. The Labute approximate surface area is 96.1 Å². The van der Waals surface area contributed by atoms with Crippen LogP contribution in [0.2, 0.25) is 0 Å². The quantitative estimate of drug-likeness (QED) is 0.500. The molecule has 2 nitrogen and oxygen atoms in total. The van der Waals surface area contributed by atoms with Gasteiger partial charge in [-0.25, -0.2) is 0 Å². The van der Waals surface area contributed by atoms with Gasteiger partial charge < -0.3 is 4.57 Å². The molecule has 0 unspecified atom stereocenters. The van der Waals surface area contributed by atoms with Crippen molar-refractivity contribution >= 4 is 18.0 Å². The Hall–Kier alpha value is -0.700. The van der Waals surface area contributed by atoms with Crippen LogP contribution < -0.4 is 0 Å². The Balaban J connectivity index is 2.12. The Bertz CT molecular complexity index is 283. The fourth-order valence-electron chi connectivity index (χ4n) is 1.62. The van der Waals surface area contributed by atoms with E-state index in [0.29, 0.717) is 0 Å². The molecule has 0 aliphatic carbocycles. The molecule has 0 aromatic carbocycles. The number of nitrogens with zero attached hydrogens (tertiary/aromatic N) is 1. The van der Waals surface area contributed by atoms with Crippen molar-refractivity contribution in [3.63, 3.8) is 0 Å². The minimum atomic E-state index is 0.791. The lowest BCUT2D eigenvalue weighted by Crippen LogP contribution is -2.00. The molecule has 0 fully saturated rings. The molecule has 0 aliphatic heterocycles. The maximum Gasteiger partial charge on any atom is 0.166 e. The first-order valence-corrected chi connectivity index (χ1v) is 6.87. The molecule has 0 atom stereocenters. The van der Waals surface area contributed by atoms with Gasteiger partial charge in [0.1, 0.15) is 0 Å². The highest BCUT2D eigenvalue weighted by atomic mass is 32.2. The summed E-state index contributed by atoms with van der Waals surface area (Å²) in [5, 5.41) is 0. The van der Waals surface area contributed by atoms with Gasteiger partial charge in [-0.05, 0) is 37.0 Å². The molecule has 0 spiro atoms. The van der Waals surface area contributed by atoms with Crippen LogP contribution in [0.5, 0.6) is 0 Å². The maximum atomic E-state index is 10.6. The van der Waals surface area contributed by atoms with E-state index in [-0.39, 0.29) is 0 Å². The Kier molecular flexibility index (Phi) is 6.25. The van der Waals surface area contributed by atoms with Gasteiger partial charge in [0.25, 0.3) is 0 Å². The van der Waals surface area contributed by atoms with Crippen LogP contribution >= 0.6 is 11.8 Å². The van der Waals surface area contributed by atoms with Crippen molar-refractivity contribution in [2.24, 2.45) is 0 Å². The molecule has 84 valence electrons. The molecule has 0 N–H and O–H groups in total. The minimum absolute atomic E-state index is 0.791. The second kappa shape index (κ2) is 7.57. The van der Waals surface area contributed by atoms with Gasteiger partial charge in [0.15, 0.2) is 6.29 Å². The number of aromatic nitrogens is 1. The van der Waals surface area contributed by atoms with Crippen LogP contribution in [0.1, 0.15) is 36.2 Å². The van der Waals surface area contributed by atoms with Crippen LogP contribution in [0.15, 0.2) is 18.3 Å². The normalized spacial score (nSPS) is 10.5. The summed E-state index contributed by atoms with van der Waals surface area (Å²) in [6.07, 6.45) is 10.1. The van der Waals surface area contributed by atoms with Crippen LogP contribution in [0.25, 0.3) is 0 Å². The van der Waals surface area contributed by atoms with E-state index in [1.54, 1.807) is 0 Å². The largest absolute Gasteiger partial charge is 0.345 e. The first-order valence-electron chi connectivity index (χ1n) is 5.47. The molecule has 0 radical (unpaired) electrons. The number of carbonyl (C=O) groups is 1. The highest BCUT2D eigenvalue weighted by Crippen LogP contribution is 2.07. The molecule has 0 amide bonds. The third kappa shape index (κ3) is 4.56. The zero-order valence-corrected chi connectivity index (χ0v) is 10.1. The van der Waals surface area contributed by atoms with Gasteiger partial charge in [0, 0.05) is 12.7 Å².